The first-order valence-corrected chi connectivity index (χ1v) is 6.00. The van der Waals surface area contributed by atoms with Gasteiger partial charge in [0.05, 0.1) is 0 Å². The first-order valence-electron chi connectivity index (χ1n) is 6.00. The van der Waals surface area contributed by atoms with Gasteiger partial charge < -0.3 is 5.73 Å². The molecule has 2 unspecified atom stereocenters. The highest BCUT2D eigenvalue weighted by Crippen LogP contribution is 2.27. The van der Waals surface area contributed by atoms with Gasteiger partial charge in [0, 0.05) is 5.54 Å². The Bertz CT molecular complexity index is 333. The maximum Gasteiger partial charge on any atom is 0.123 e. The van der Waals surface area contributed by atoms with Crippen molar-refractivity contribution in [1.29, 1.82) is 0 Å². The van der Waals surface area contributed by atoms with E-state index in [0.29, 0.717) is 5.92 Å². The Balaban J connectivity index is 2.76. The molecule has 2 N–H and O–H groups in total. The molecule has 90 valence electrons. The van der Waals surface area contributed by atoms with Crippen molar-refractivity contribution in [3.8, 4) is 0 Å². The third-order valence-electron chi connectivity index (χ3n) is 3.04. The van der Waals surface area contributed by atoms with Crippen molar-refractivity contribution in [3.63, 3.8) is 0 Å². The molecule has 0 radical (unpaired) electrons. The normalized spacial score (nSPS) is 16.8. The smallest absolute Gasteiger partial charge is 0.123 e. The Morgan fingerprint density at radius 2 is 2.12 bits per heavy atom. The van der Waals surface area contributed by atoms with Crippen LogP contribution in [0.3, 0.4) is 0 Å². The van der Waals surface area contributed by atoms with Gasteiger partial charge in [-0.1, -0.05) is 38.8 Å². The lowest BCUT2D eigenvalue weighted by atomic mass is 9.83. The maximum absolute atomic E-state index is 13.1. The molecule has 0 spiro atoms. The fraction of sp³-hybridized carbons (Fsp3) is 0.571. The second-order valence-electron chi connectivity index (χ2n) is 5.03. The highest BCUT2D eigenvalue weighted by atomic mass is 19.1. The van der Waals surface area contributed by atoms with E-state index in [2.05, 4.69) is 13.8 Å². The van der Waals surface area contributed by atoms with Crippen LogP contribution in [0.2, 0.25) is 0 Å². The predicted octanol–water partition coefficient (Wildman–Crippen LogP) is 3.83. The van der Waals surface area contributed by atoms with Crippen LogP contribution >= 0.6 is 0 Å². The van der Waals surface area contributed by atoms with Gasteiger partial charge in [0.2, 0.25) is 0 Å². The topological polar surface area (TPSA) is 26.0 Å². The van der Waals surface area contributed by atoms with Crippen molar-refractivity contribution in [1.82, 2.24) is 0 Å². The van der Waals surface area contributed by atoms with Crippen molar-refractivity contribution < 1.29 is 4.39 Å². The minimum Gasteiger partial charge on any atom is -0.322 e. The molecular formula is C14H22FN. The van der Waals surface area contributed by atoms with Gasteiger partial charge in [-0.15, -0.1) is 0 Å². The van der Waals surface area contributed by atoms with E-state index in [4.69, 9.17) is 5.73 Å². The molecule has 1 aromatic rings. The zero-order valence-electron chi connectivity index (χ0n) is 10.5. The fourth-order valence-corrected chi connectivity index (χ4v) is 2.28. The summed E-state index contributed by atoms with van der Waals surface area (Å²) in [6, 6.07) is 6.62. The van der Waals surface area contributed by atoms with E-state index in [9.17, 15) is 4.39 Å². The molecule has 0 fully saturated rings. The van der Waals surface area contributed by atoms with E-state index in [1.807, 2.05) is 13.0 Å². The molecule has 2 heteroatoms. The molecule has 0 heterocycles. The van der Waals surface area contributed by atoms with Gasteiger partial charge in [-0.25, -0.2) is 4.39 Å². The fourth-order valence-electron chi connectivity index (χ4n) is 2.28. The lowest BCUT2D eigenvalue weighted by Crippen LogP contribution is -2.35. The molecule has 0 saturated carbocycles. The second kappa shape index (κ2) is 5.44. The van der Waals surface area contributed by atoms with Gasteiger partial charge in [0.1, 0.15) is 5.82 Å². The Morgan fingerprint density at radius 3 is 2.69 bits per heavy atom. The number of halogens is 1. The van der Waals surface area contributed by atoms with Crippen molar-refractivity contribution in [2.75, 3.05) is 0 Å². The van der Waals surface area contributed by atoms with Crippen LogP contribution < -0.4 is 5.73 Å². The van der Waals surface area contributed by atoms with Gasteiger partial charge in [0.15, 0.2) is 0 Å². The lowest BCUT2D eigenvalue weighted by Gasteiger charge is -2.28. The average Bonchev–Trinajstić information content (AvgIpc) is 2.17. The van der Waals surface area contributed by atoms with Crippen LogP contribution in [0.1, 0.15) is 45.6 Å². The summed E-state index contributed by atoms with van der Waals surface area (Å²) in [6.07, 6.45) is 3.23. The van der Waals surface area contributed by atoms with Crippen LogP contribution in [0.4, 0.5) is 4.39 Å². The molecule has 1 rings (SSSR count). The molecule has 1 aromatic carbocycles. The van der Waals surface area contributed by atoms with Crippen LogP contribution in [0.25, 0.3) is 0 Å². The van der Waals surface area contributed by atoms with E-state index < -0.39 is 5.54 Å². The summed E-state index contributed by atoms with van der Waals surface area (Å²) in [5.74, 6) is 0.362. The average molecular weight is 223 g/mol. The second-order valence-corrected chi connectivity index (χ2v) is 5.03. The number of hydrogen-bond acceptors (Lipinski definition) is 1. The van der Waals surface area contributed by atoms with Crippen LogP contribution in [0, 0.1) is 11.7 Å². The summed E-state index contributed by atoms with van der Waals surface area (Å²) in [7, 11) is 0. The third-order valence-corrected chi connectivity index (χ3v) is 3.04. The van der Waals surface area contributed by atoms with E-state index in [-0.39, 0.29) is 5.82 Å². The minimum absolute atomic E-state index is 0.211. The monoisotopic (exact) mass is 223 g/mol. The van der Waals surface area contributed by atoms with Crippen LogP contribution in [0.15, 0.2) is 24.3 Å². The quantitative estimate of drug-likeness (QED) is 0.806. The number of benzene rings is 1. The zero-order valence-corrected chi connectivity index (χ0v) is 10.5. The Hall–Kier alpha value is -0.890. The number of hydrogen-bond donors (Lipinski definition) is 1. The minimum atomic E-state index is -0.434. The Morgan fingerprint density at radius 1 is 1.44 bits per heavy atom. The first-order chi connectivity index (χ1) is 7.45. The van der Waals surface area contributed by atoms with Crippen LogP contribution in [-0.2, 0) is 5.54 Å². The maximum atomic E-state index is 13.1. The largest absolute Gasteiger partial charge is 0.322 e. The van der Waals surface area contributed by atoms with Gasteiger partial charge in [-0.2, -0.15) is 0 Å². The van der Waals surface area contributed by atoms with Gasteiger partial charge in [-0.3, -0.25) is 0 Å². The summed E-state index contributed by atoms with van der Waals surface area (Å²) in [6.45, 7) is 6.36. The molecule has 0 aromatic heterocycles. The summed E-state index contributed by atoms with van der Waals surface area (Å²) in [5, 5.41) is 0. The summed E-state index contributed by atoms with van der Waals surface area (Å²) in [5.41, 5.74) is 6.72. The van der Waals surface area contributed by atoms with Crippen LogP contribution in [0.5, 0.6) is 0 Å². The predicted molar refractivity (Wildman–Crippen MR) is 66.6 cm³/mol. The van der Waals surface area contributed by atoms with E-state index in [1.165, 1.54) is 18.9 Å². The molecular weight excluding hydrogens is 201 g/mol. The zero-order chi connectivity index (χ0) is 12.2. The molecule has 1 nitrogen and oxygen atoms in total. The molecule has 0 aliphatic heterocycles. The molecule has 0 saturated heterocycles. The van der Waals surface area contributed by atoms with Crippen molar-refractivity contribution in [2.24, 2.45) is 11.7 Å². The van der Waals surface area contributed by atoms with E-state index >= 15 is 0 Å². The summed E-state index contributed by atoms with van der Waals surface area (Å²) < 4.78 is 13.1. The third kappa shape index (κ3) is 3.60. The molecule has 2 atom stereocenters. The van der Waals surface area contributed by atoms with Gasteiger partial charge in [-0.05, 0) is 37.0 Å². The van der Waals surface area contributed by atoms with Crippen LogP contribution in [-0.4, -0.2) is 0 Å². The number of nitrogens with two attached hydrogens (primary N) is 1. The summed E-state index contributed by atoms with van der Waals surface area (Å²) >= 11 is 0. The highest BCUT2D eigenvalue weighted by molar-refractivity contribution is 5.24. The van der Waals surface area contributed by atoms with Crippen molar-refractivity contribution in [3.05, 3.63) is 35.6 Å². The van der Waals surface area contributed by atoms with E-state index in [1.54, 1.807) is 12.1 Å². The molecule has 0 aliphatic carbocycles. The summed E-state index contributed by atoms with van der Waals surface area (Å²) in [4.78, 5) is 0. The SMILES string of the molecule is CCCC(C)CC(C)(N)c1cccc(F)c1. The first kappa shape index (κ1) is 13.2. The van der Waals surface area contributed by atoms with E-state index in [0.717, 1.165) is 12.0 Å². The Kier molecular flexibility index (Phi) is 4.48. The van der Waals surface area contributed by atoms with Gasteiger partial charge in [0.25, 0.3) is 0 Å². The van der Waals surface area contributed by atoms with Crippen molar-refractivity contribution in [2.45, 2.75) is 45.6 Å². The molecule has 16 heavy (non-hydrogen) atoms. The highest BCUT2D eigenvalue weighted by Gasteiger charge is 2.23. The standard InChI is InChI=1S/C14H22FN/c1-4-6-11(2)10-14(3,16)12-7-5-8-13(15)9-12/h5,7-9,11H,4,6,10,16H2,1-3H3. The molecule has 0 aliphatic rings. The lowest BCUT2D eigenvalue weighted by molar-refractivity contribution is 0.345. The molecule has 0 bridgehead atoms. The molecule has 0 amide bonds. The Labute approximate surface area is 97.9 Å². The van der Waals surface area contributed by atoms with Gasteiger partial charge >= 0.3 is 0 Å². The number of rotatable bonds is 5. The van der Waals surface area contributed by atoms with Crippen molar-refractivity contribution >= 4 is 0 Å².